The molecule has 1 aliphatic heterocycles. The van der Waals surface area contributed by atoms with Crippen molar-refractivity contribution >= 4 is 5.69 Å². The highest BCUT2D eigenvalue weighted by Crippen LogP contribution is 2.13. The van der Waals surface area contributed by atoms with E-state index in [0.29, 0.717) is 5.54 Å². The molecule has 0 spiro atoms. The minimum atomic E-state index is 0. The number of rotatable bonds is 1. The fourth-order valence-electron chi connectivity index (χ4n) is 2.13. The van der Waals surface area contributed by atoms with Crippen molar-refractivity contribution in [3.05, 3.63) is 30.3 Å². The summed E-state index contributed by atoms with van der Waals surface area (Å²) < 4.78 is 0. The Labute approximate surface area is 105 Å². The summed E-state index contributed by atoms with van der Waals surface area (Å²) in [6, 6.07) is 10.7. The largest absolute Gasteiger partial charge is 1.00 e. The molecule has 1 aromatic rings. The van der Waals surface area contributed by atoms with Gasteiger partial charge in [0.25, 0.3) is 0 Å². The van der Waals surface area contributed by atoms with Crippen LogP contribution in [0.15, 0.2) is 30.3 Å². The quantitative estimate of drug-likeness (QED) is 0.606. The third-order valence-corrected chi connectivity index (χ3v) is 3.25. The van der Waals surface area contributed by atoms with Crippen LogP contribution in [0.1, 0.15) is 20.8 Å². The molecule has 0 saturated carbocycles. The first-order chi connectivity index (χ1) is 7.07. The van der Waals surface area contributed by atoms with Crippen LogP contribution in [-0.2, 0) is 0 Å². The van der Waals surface area contributed by atoms with Gasteiger partial charge in [0.05, 0.1) is 18.6 Å². The Morgan fingerprint density at radius 1 is 1.12 bits per heavy atom. The second kappa shape index (κ2) is 5.07. The van der Waals surface area contributed by atoms with Gasteiger partial charge in [0, 0.05) is 5.69 Å². The SMILES string of the molecule is CC(C)(C)[NH+]1CCN(c2ccccc2)C1.[Cl-]. The zero-order valence-corrected chi connectivity index (χ0v) is 11.1. The van der Waals surface area contributed by atoms with E-state index in [1.807, 2.05) is 0 Å². The molecule has 2 nitrogen and oxygen atoms in total. The predicted octanol–water partition coefficient (Wildman–Crippen LogP) is -1.85. The maximum Gasteiger partial charge on any atom is 0.153 e. The highest BCUT2D eigenvalue weighted by molar-refractivity contribution is 5.45. The van der Waals surface area contributed by atoms with Gasteiger partial charge in [-0.2, -0.15) is 0 Å². The lowest BCUT2D eigenvalue weighted by atomic mass is 10.1. The number of halogens is 1. The van der Waals surface area contributed by atoms with Crippen molar-refractivity contribution in [1.82, 2.24) is 0 Å². The molecular formula is C13H21ClN2. The Hall–Kier alpha value is -0.730. The number of hydrogen-bond donors (Lipinski definition) is 1. The van der Waals surface area contributed by atoms with Crippen molar-refractivity contribution in [3.8, 4) is 0 Å². The van der Waals surface area contributed by atoms with Gasteiger partial charge in [-0.3, -0.25) is 0 Å². The normalized spacial score (nSPS) is 20.7. The van der Waals surface area contributed by atoms with Gasteiger partial charge in [-0.1, -0.05) is 18.2 Å². The molecule has 90 valence electrons. The molecule has 2 rings (SSSR count). The smallest absolute Gasteiger partial charge is 0.153 e. The third-order valence-electron chi connectivity index (χ3n) is 3.25. The van der Waals surface area contributed by atoms with E-state index in [1.54, 1.807) is 4.90 Å². The lowest BCUT2D eigenvalue weighted by Crippen LogP contribution is -3.17. The van der Waals surface area contributed by atoms with E-state index < -0.39 is 0 Å². The summed E-state index contributed by atoms with van der Waals surface area (Å²) in [5, 5.41) is 0. The minimum absolute atomic E-state index is 0. The van der Waals surface area contributed by atoms with Crippen molar-refractivity contribution in [2.24, 2.45) is 0 Å². The Morgan fingerprint density at radius 2 is 1.75 bits per heavy atom. The summed E-state index contributed by atoms with van der Waals surface area (Å²) in [5.74, 6) is 0. The summed E-state index contributed by atoms with van der Waals surface area (Å²) in [4.78, 5) is 4.15. The molecule has 1 atom stereocenters. The van der Waals surface area contributed by atoms with E-state index in [-0.39, 0.29) is 12.4 Å². The first-order valence-electron chi connectivity index (χ1n) is 5.72. The second-order valence-electron chi connectivity index (χ2n) is 5.36. The molecule has 0 radical (unpaired) electrons. The molecule has 0 aromatic heterocycles. The van der Waals surface area contributed by atoms with Crippen LogP contribution < -0.4 is 22.2 Å². The van der Waals surface area contributed by atoms with Crippen molar-refractivity contribution in [2.45, 2.75) is 26.3 Å². The summed E-state index contributed by atoms with van der Waals surface area (Å²) in [6.07, 6.45) is 0. The molecule has 0 bridgehead atoms. The van der Waals surface area contributed by atoms with Crippen molar-refractivity contribution in [1.29, 1.82) is 0 Å². The molecule has 1 unspecified atom stereocenters. The molecule has 16 heavy (non-hydrogen) atoms. The van der Waals surface area contributed by atoms with Gasteiger partial charge in [0.15, 0.2) is 6.67 Å². The van der Waals surface area contributed by atoms with Crippen LogP contribution in [-0.4, -0.2) is 25.3 Å². The van der Waals surface area contributed by atoms with Crippen LogP contribution in [0.25, 0.3) is 0 Å². The maximum absolute atomic E-state index is 2.47. The summed E-state index contributed by atoms with van der Waals surface area (Å²) >= 11 is 0. The van der Waals surface area contributed by atoms with Crippen LogP contribution in [0.3, 0.4) is 0 Å². The van der Waals surface area contributed by atoms with Crippen LogP contribution in [0.2, 0.25) is 0 Å². The first-order valence-corrected chi connectivity index (χ1v) is 5.72. The van der Waals surface area contributed by atoms with Crippen LogP contribution in [0, 0.1) is 0 Å². The number of nitrogens with zero attached hydrogens (tertiary/aromatic N) is 1. The number of benzene rings is 1. The van der Waals surface area contributed by atoms with Crippen molar-refractivity contribution in [3.63, 3.8) is 0 Å². The average molecular weight is 241 g/mol. The highest BCUT2D eigenvalue weighted by Gasteiger charge is 2.32. The predicted molar refractivity (Wildman–Crippen MR) is 64.2 cm³/mol. The van der Waals surface area contributed by atoms with E-state index in [2.05, 4.69) is 56.0 Å². The molecule has 0 aliphatic carbocycles. The molecular weight excluding hydrogens is 220 g/mol. The van der Waals surface area contributed by atoms with Gasteiger partial charge < -0.3 is 22.2 Å². The number of nitrogens with one attached hydrogen (secondary N) is 1. The van der Waals surface area contributed by atoms with Crippen molar-refractivity contribution < 1.29 is 17.3 Å². The number of hydrogen-bond acceptors (Lipinski definition) is 1. The zero-order valence-electron chi connectivity index (χ0n) is 10.3. The highest BCUT2D eigenvalue weighted by atomic mass is 35.5. The minimum Gasteiger partial charge on any atom is -1.00 e. The third kappa shape index (κ3) is 2.89. The summed E-state index contributed by atoms with van der Waals surface area (Å²) in [7, 11) is 0. The molecule has 1 N–H and O–H groups in total. The lowest BCUT2D eigenvalue weighted by molar-refractivity contribution is -0.934. The molecule has 1 heterocycles. The zero-order chi connectivity index (χ0) is 10.9. The lowest BCUT2D eigenvalue weighted by Gasteiger charge is -2.28. The molecule has 1 fully saturated rings. The van der Waals surface area contributed by atoms with Crippen molar-refractivity contribution in [2.75, 3.05) is 24.7 Å². The van der Waals surface area contributed by atoms with E-state index in [9.17, 15) is 0 Å². The Bertz CT molecular complexity index is 318. The Kier molecular flexibility index (Phi) is 4.22. The van der Waals surface area contributed by atoms with E-state index in [1.165, 1.54) is 18.8 Å². The number of quaternary nitrogens is 1. The molecule has 1 aromatic carbocycles. The topological polar surface area (TPSA) is 7.68 Å². The first kappa shape index (κ1) is 13.3. The molecule has 1 saturated heterocycles. The summed E-state index contributed by atoms with van der Waals surface area (Å²) in [5.41, 5.74) is 1.72. The van der Waals surface area contributed by atoms with E-state index in [4.69, 9.17) is 0 Å². The number of anilines is 1. The molecule has 3 heteroatoms. The fraction of sp³-hybridized carbons (Fsp3) is 0.538. The fourth-order valence-corrected chi connectivity index (χ4v) is 2.13. The van der Waals surface area contributed by atoms with E-state index in [0.717, 1.165) is 6.67 Å². The Balaban J connectivity index is 0.00000128. The second-order valence-corrected chi connectivity index (χ2v) is 5.36. The molecule has 1 aliphatic rings. The van der Waals surface area contributed by atoms with Gasteiger partial charge >= 0.3 is 0 Å². The van der Waals surface area contributed by atoms with Gasteiger partial charge in [0.2, 0.25) is 0 Å². The standard InChI is InChI=1S/C13H20N2.ClH/c1-13(2,3)15-10-9-14(11-15)12-7-5-4-6-8-12;/h4-8H,9-11H2,1-3H3;1H. The molecule has 0 amide bonds. The Morgan fingerprint density at radius 3 is 2.25 bits per heavy atom. The van der Waals surface area contributed by atoms with Gasteiger partial charge in [-0.25, -0.2) is 0 Å². The summed E-state index contributed by atoms with van der Waals surface area (Å²) in [6.45, 7) is 10.5. The van der Waals surface area contributed by atoms with Crippen LogP contribution in [0.5, 0.6) is 0 Å². The maximum atomic E-state index is 2.47. The monoisotopic (exact) mass is 240 g/mol. The van der Waals surface area contributed by atoms with Crippen LogP contribution >= 0.6 is 0 Å². The van der Waals surface area contributed by atoms with Gasteiger partial charge in [-0.15, -0.1) is 0 Å². The van der Waals surface area contributed by atoms with E-state index >= 15 is 0 Å². The van der Waals surface area contributed by atoms with Gasteiger partial charge in [0.1, 0.15) is 0 Å². The van der Waals surface area contributed by atoms with Crippen LogP contribution in [0.4, 0.5) is 5.69 Å². The number of para-hydroxylation sites is 1. The average Bonchev–Trinajstić information content (AvgIpc) is 2.67. The van der Waals surface area contributed by atoms with Gasteiger partial charge in [-0.05, 0) is 32.9 Å².